The van der Waals surface area contributed by atoms with Crippen molar-refractivity contribution in [1.29, 1.82) is 0 Å². The predicted molar refractivity (Wildman–Crippen MR) is 109 cm³/mol. The molecule has 0 radical (unpaired) electrons. The first-order valence-electron chi connectivity index (χ1n) is 8.75. The van der Waals surface area contributed by atoms with Gasteiger partial charge in [0.1, 0.15) is 0 Å². The number of benzene rings is 2. The summed E-state index contributed by atoms with van der Waals surface area (Å²) in [5, 5.41) is 0. The summed E-state index contributed by atoms with van der Waals surface area (Å²) in [6.07, 6.45) is -3.09. The molecule has 1 unspecified atom stereocenters. The van der Waals surface area contributed by atoms with Crippen LogP contribution in [0.25, 0.3) is 0 Å². The Morgan fingerprint density at radius 1 is 1.07 bits per heavy atom. The topological polar surface area (TPSA) is 55.8 Å². The molecule has 0 aliphatic heterocycles. The molecule has 0 fully saturated rings. The van der Waals surface area contributed by atoms with Gasteiger partial charge < -0.3 is 9.63 Å². The number of hydrogen-bond acceptors (Lipinski definition) is 3. The molecular formula is C20H24BrF2O4P. The van der Waals surface area contributed by atoms with Crippen LogP contribution in [-0.2, 0) is 38.4 Å². The number of halogens is 3. The Bertz CT molecular complexity index is 820. The molecule has 1 atom stereocenters. The van der Waals surface area contributed by atoms with Crippen molar-refractivity contribution >= 4 is 24.2 Å². The van der Waals surface area contributed by atoms with Crippen LogP contribution in [-0.4, -0.2) is 11.5 Å². The van der Waals surface area contributed by atoms with Crippen molar-refractivity contribution in [3.63, 3.8) is 0 Å². The minimum atomic E-state index is -3.85. The first-order chi connectivity index (χ1) is 13.0. The summed E-state index contributed by atoms with van der Waals surface area (Å²) < 4.78 is 47.7. The van der Waals surface area contributed by atoms with Crippen LogP contribution >= 0.6 is 24.2 Å². The van der Waals surface area contributed by atoms with Crippen molar-refractivity contribution in [3.05, 3.63) is 69.2 Å². The third kappa shape index (κ3) is 6.75. The predicted octanol–water partition coefficient (Wildman–Crippen LogP) is 5.95. The van der Waals surface area contributed by atoms with Crippen LogP contribution in [0.5, 0.6) is 0 Å². The van der Waals surface area contributed by atoms with Gasteiger partial charge in [-0.3, -0.25) is 4.57 Å². The molecule has 0 aliphatic rings. The van der Waals surface area contributed by atoms with E-state index in [1.807, 2.05) is 0 Å². The highest BCUT2D eigenvalue weighted by Crippen LogP contribution is 2.41. The van der Waals surface area contributed by atoms with Gasteiger partial charge in [-0.2, -0.15) is 8.78 Å². The number of rotatable bonds is 8. The van der Waals surface area contributed by atoms with Crippen LogP contribution in [0.1, 0.15) is 43.0 Å². The number of alkyl halides is 2. The molecule has 28 heavy (non-hydrogen) atoms. The number of ether oxygens (including phenoxy) is 1. The zero-order valence-electron chi connectivity index (χ0n) is 16.0. The van der Waals surface area contributed by atoms with Crippen molar-refractivity contribution in [3.8, 4) is 0 Å². The van der Waals surface area contributed by atoms with E-state index in [-0.39, 0.29) is 16.5 Å². The Morgan fingerprint density at radius 2 is 1.68 bits per heavy atom. The highest BCUT2D eigenvalue weighted by Gasteiger charge is 2.37. The Kier molecular flexibility index (Phi) is 7.94. The van der Waals surface area contributed by atoms with E-state index in [0.29, 0.717) is 12.2 Å². The van der Waals surface area contributed by atoms with E-state index in [1.54, 1.807) is 0 Å². The Hall–Kier alpha value is -1.11. The molecule has 154 valence electrons. The minimum absolute atomic E-state index is 0.0830. The summed E-state index contributed by atoms with van der Waals surface area (Å²) in [6.45, 7) is 7.27. The Balaban J connectivity index is 1.88. The lowest BCUT2D eigenvalue weighted by atomic mass is 9.86. The average Bonchev–Trinajstić information content (AvgIpc) is 2.57. The summed E-state index contributed by atoms with van der Waals surface area (Å²) >= 11 is 3.05. The average molecular weight is 477 g/mol. The van der Waals surface area contributed by atoms with Crippen molar-refractivity contribution in [2.75, 3.05) is 6.61 Å². The molecule has 0 spiro atoms. The van der Waals surface area contributed by atoms with E-state index >= 15 is 0 Å². The number of hydrogen-bond donors (Lipinski definition) is 1. The van der Waals surface area contributed by atoms with Crippen LogP contribution < -0.4 is 0 Å². The maximum atomic E-state index is 13.8. The minimum Gasteiger partial charge on any atom is -0.376 e. The standard InChI is InChI=1S/C20H24BrF2O4P/c1-19(2,3)16-7-4-14(5-8-16)10-11-26-13-15-6-9-17(18(21)12-15)20(22,23)27-28(24)25/h4-9,12,28H,10-11,13H2,1-3H3,(H,24,25). The fourth-order valence-corrected chi connectivity index (χ4v) is 3.59. The summed E-state index contributed by atoms with van der Waals surface area (Å²) in [5.41, 5.74) is 2.74. The molecule has 8 heteroatoms. The third-order valence-corrected chi connectivity index (χ3v) is 5.27. The molecule has 0 bridgehead atoms. The molecule has 0 aliphatic carbocycles. The first kappa shape index (κ1) is 23.2. The maximum Gasteiger partial charge on any atom is 0.390 e. The second-order valence-corrected chi connectivity index (χ2v) is 9.04. The smallest absolute Gasteiger partial charge is 0.376 e. The Morgan fingerprint density at radius 3 is 2.21 bits per heavy atom. The van der Waals surface area contributed by atoms with Crippen LogP contribution in [0.4, 0.5) is 8.78 Å². The zero-order valence-corrected chi connectivity index (χ0v) is 18.6. The van der Waals surface area contributed by atoms with Crippen molar-refractivity contribution < 1.29 is 27.5 Å². The van der Waals surface area contributed by atoms with Gasteiger partial charge in [-0.25, -0.2) is 4.52 Å². The van der Waals surface area contributed by atoms with Gasteiger partial charge in [-0.15, -0.1) is 0 Å². The highest BCUT2D eigenvalue weighted by molar-refractivity contribution is 9.10. The maximum absolute atomic E-state index is 13.8. The normalized spacial score (nSPS) is 13.5. The first-order valence-corrected chi connectivity index (χ1v) is 10.8. The highest BCUT2D eigenvalue weighted by atomic mass is 79.9. The lowest BCUT2D eigenvalue weighted by Gasteiger charge is -2.19. The van der Waals surface area contributed by atoms with Gasteiger partial charge in [0.05, 0.1) is 18.8 Å². The van der Waals surface area contributed by atoms with Gasteiger partial charge >= 0.3 is 14.4 Å². The largest absolute Gasteiger partial charge is 0.390 e. The van der Waals surface area contributed by atoms with E-state index in [4.69, 9.17) is 9.63 Å². The van der Waals surface area contributed by atoms with Gasteiger partial charge in [0.2, 0.25) is 0 Å². The summed E-state index contributed by atoms with van der Waals surface area (Å²) in [4.78, 5) is 8.60. The zero-order chi connectivity index (χ0) is 20.9. The van der Waals surface area contributed by atoms with E-state index in [1.165, 1.54) is 23.3 Å². The van der Waals surface area contributed by atoms with Crippen LogP contribution in [0, 0.1) is 0 Å². The molecule has 4 nitrogen and oxygen atoms in total. The van der Waals surface area contributed by atoms with Gasteiger partial charge in [0, 0.05) is 4.47 Å². The molecule has 0 saturated heterocycles. The molecule has 2 rings (SSSR count). The summed E-state index contributed by atoms with van der Waals surface area (Å²) in [5.74, 6) is 0. The van der Waals surface area contributed by atoms with Crippen molar-refractivity contribution in [2.24, 2.45) is 0 Å². The lowest BCUT2D eigenvalue weighted by molar-refractivity contribution is -0.186. The molecule has 0 heterocycles. The molecule has 2 aromatic carbocycles. The fourth-order valence-electron chi connectivity index (χ4n) is 2.60. The summed E-state index contributed by atoms with van der Waals surface area (Å²) in [6, 6.07) is 12.5. The van der Waals surface area contributed by atoms with Gasteiger partial charge in [0.25, 0.3) is 0 Å². The van der Waals surface area contributed by atoms with Gasteiger partial charge in [0.15, 0.2) is 0 Å². The second-order valence-electron chi connectivity index (χ2n) is 7.45. The van der Waals surface area contributed by atoms with Crippen LogP contribution in [0.2, 0.25) is 0 Å². The molecule has 0 aromatic heterocycles. The van der Waals surface area contributed by atoms with E-state index in [9.17, 15) is 13.3 Å². The molecule has 2 aromatic rings. The summed E-state index contributed by atoms with van der Waals surface area (Å²) in [7, 11) is -3.76. The molecule has 0 saturated carbocycles. The van der Waals surface area contributed by atoms with Crippen molar-refractivity contribution in [1.82, 2.24) is 0 Å². The molecule has 1 N–H and O–H groups in total. The van der Waals surface area contributed by atoms with E-state index < -0.39 is 19.9 Å². The van der Waals surface area contributed by atoms with Gasteiger partial charge in [-0.1, -0.05) is 67.0 Å². The quantitative estimate of drug-likeness (QED) is 0.377. The van der Waals surface area contributed by atoms with Crippen LogP contribution in [0.15, 0.2) is 46.9 Å². The third-order valence-electron chi connectivity index (χ3n) is 4.19. The Labute approximate surface area is 173 Å². The molecular weight excluding hydrogens is 453 g/mol. The lowest BCUT2D eigenvalue weighted by Crippen LogP contribution is -2.15. The van der Waals surface area contributed by atoms with Gasteiger partial charge in [-0.05, 0) is 40.7 Å². The van der Waals surface area contributed by atoms with E-state index in [2.05, 4.69) is 65.5 Å². The van der Waals surface area contributed by atoms with E-state index in [0.717, 1.165) is 12.5 Å². The molecule has 0 amide bonds. The van der Waals surface area contributed by atoms with Crippen molar-refractivity contribution in [2.45, 2.75) is 45.3 Å². The second kappa shape index (κ2) is 9.59. The van der Waals surface area contributed by atoms with Crippen LogP contribution in [0.3, 0.4) is 0 Å². The fraction of sp³-hybridized carbons (Fsp3) is 0.400. The SMILES string of the molecule is CC(C)(C)c1ccc(CCOCc2ccc(C(F)(F)O[PH](=O)O)c(Br)c2)cc1. The monoisotopic (exact) mass is 476 g/mol.